The maximum atomic E-state index is 2.48. The van der Waals surface area contributed by atoms with E-state index in [4.69, 9.17) is 0 Å². The normalized spacial score (nSPS) is 11.8. The minimum atomic E-state index is -0.0306. The molecule has 8 aromatic carbocycles. The van der Waals surface area contributed by atoms with E-state index in [1.165, 1.54) is 66.4 Å². The van der Waals surface area contributed by atoms with Crippen LogP contribution in [0.5, 0.6) is 0 Å². The number of fused-ring (bicyclic) bond motifs is 1. The summed E-state index contributed by atoms with van der Waals surface area (Å²) in [6, 6.07) is 68.9. The van der Waals surface area contributed by atoms with Crippen LogP contribution >= 0.6 is 0 Å². The summed E-state index contributed by atoms with van der Waals surface area (Å²) in [7, 11) is 0. The lowest BCUT2D eigenvalue weighted by molar-refractivity contribution is 0.569. The fourth-order valence-electron chi connectivity index (χ4n) is 7.64. The van der Waals surface area contributed by atoms with Gasteiger partial charge in [-0.15, -0.1) is 0 Å². The first-order valence-corrected chi connectivity index (χ1v) is 19.4. The van der Waals surface area contributed by atoms with Gasteiger partial charge in [0.05, 0.1) is 5.69 Å². The van der Waals surface area contributed by atoms with E-state index in [0.29, 0.717) is 0 Å². The molecule has 0 atom stereocenters. The van der Waals surface area contributed by atoms with Crippen LogP contribution in [0.15, 0.2) is 188 Å². The minimum Gasteiger partial charge on any atom is -0.310 e. The van der Waals surface area contributed by atoms with Crippen LogP contribution in [0.2, 0.25) is 0 Å². The van der Waals surface area contributed by atoms with Crippen molar-refractivity contribution in [3.05, 3.63) is 199 Å². The van der Waals surface area contributed by atoms with Crippen LogP contribution in [0.4, 0.5) is 17.1 Å². The molecule has 0 spiro atoms. The SMILES string of the molecule is CC(C)(C)c1cc(N(c2ccc(-c3ccc(-c4ccccc4)cc3)cc2)c2ccccc2-c2cccc3cccc(-c4ccccc4)c23)cc(C(C)(C)C)c1. The number of para-hydroxylation sites is 1. The first-order chi connectivity index (χ1) is 26.5. The molecule has 0 fully saturated rings. The molecular weight excluding hydrogens is 663 g/mol. The average Bonchev–Trinajstić information content (AvgIpc) is 3.21. The Morgan fingerprint density at radius 1 is 0.327 bits per heavy atom. The number of hydrogen-bond acceptors (Lipinski definition) is 1. The number of hydrogen-bond donors (Lipinski definition) is 0. The standard InChI is InChI=1S/C54H49N/c1-53(2,3)44-35-45(54(4,5)6)37-47(36-44)55(46-33-31-41(32-34-46)40-29-27-39(28-30-40)38-17-9-7-10-18-38)51-26-14-13-23-49(51)50-25-16-22-43-21-15-24-48(52(43)50)42-19-11-8-12-20-42/h7-37H,1-6H3. The summed E-state index contributed by atoms with van der Waals surface area (Å²) in [6.45, 7) is 13.9. The molecule has 55 heavy (non-hydrogen) atoms. The molecule has 0 bridgehead atoms. The predicted molar refractivity (Wildman–Crippen MR) is 238 cm³/mol. The number of nitrogens with zero attached hydrogens (tertiary/aromatic N) is 1. The first-order valence-electron chi connectivity index (χ1n) is 19.4. The molecule has 1 heteroatoms. The number of rotatable bonds is 7. The van der Waals surface area contributed by atoms with Crippen molar-refractivity contribution >= 4 is 27.8 Å². The molecular formula is C54H49N. The van der Waals surface area contributed by atoms with Crippen LogP contribution in [0.25, 0.3) is 55.3 Å². The van der Waals surface area contributed by atoms with Crippen LogP contribution in [0, 0.1) is 0 Å². The fraction of sp³-hybridized carbons (Fsp3) is 0.148. The van der Waals surface area contributed by atoms with Crippen molar-refractivity contribution in [1.82, 2.24) is 0 Å². The van der Waals surface area contributed by atoms with E-state index in [1.807, 2.05) is 0 Å². The monoisotopic (exact) mass is 711 g/mol. The molecule has 0 saturated carbocycles. The van der Waals surface area contributed by atoms with Gasteiger partial charge in [0.25, 0.3) is 0 Å². The lowest BCUT2D eigenvalue weighted by atomic mass is 9.80. The maximum absolute atomic E-state index is 2.48. The van der Waals surface area contributed by atoms with Crippen molar-refractivity contribution in [3.8, 4) is 44.5 Å². The van der Waals surface area contributed by atoms with Gasteiger partial charge in [-0.3, -0.25) is 0 Å². The molecule has 0 amide bonds. The van der Waals surface area contributed by atoms with Crippen LogP contribution in [0.1, 0.15) is 52.7 Å². The van der Waals surface area contributed by atoms with Crippen molar-refractivity contribution in [1.29, 1.82) is 0 Å². The highest BCUT2D eigenvalue weighted by atomic mass is 15.1. The van der Waals surface area contributed by atoms with Crippen LogP contribution in [0.3, 0.4) is 0 Å². The summed E-state index contributed by atoms with van der Waals surface area (Å²) in [5.41, 5.74) is 15.7. The van der Waals surface area contributed by atoms with E-state index in [1.54, 1.807) is 0 Å². The van der Waals surface area contributed by atoms with Crippen LogP contribution < -0.4 is 4.90 Å². The highest BCUT2D eigenvalue weighted by Gasteiger charge is 2.25. The summed E-state index contributed by atoms with van der Waals surface area (Å²) >= 11 is 0. The third kappa shape index (κ3) is 7.36. The molecule has 0 aliphatic rings. The Bertz CT molecular complexity index is 2530. The highest BCUT2D eigenvalue weighted by molar-refractivity contribution is 6.08. The largest absolute Gasteiger partial charge is 0.310 e. The van der Waals surface area contributed by atoms with E-state index in [0.717, 1.165) is 17.1 Å². The zero-order valence-corrected chi connectivity index (χ0v) is 32.8. The summed E-state index contributed by atoms with van der Waals surface area (Å²) in [5, 5.41) is 2.49. The Morgan fingerprint density at radius 3 is 1.31 bits per heavy atom. The molecule has 270 valence electrons. The molecule has 0 aromatic heterocycles. The van der Waals surface area contributed by atoms with Gasteiger partial charge < -0.3 is 4.90 Å². The van der Waals surface area contributed by atoms with Crippen molar-refractivity contribution in [2.75, 3.05) is 4.90 Å². The smallest absolute Gasteiger partial charge is 0.0540 e. The molecule has 8 aromatic rings. The molecule has 0 unspecified atom stereocenters. The predicted octanol–water partition coefficient (Wildman–Crippen LogP) is 15.6. The van der Waals surface area contributed by atoms with Gasteiger partial charge in [0.2, 0.25) is 0 Å². The van der Waals surface area contributed by atoms with Crippen molar-refractivity contribution < 1.29 is 0 Å². The first kappa shape index (κ1) is 35.8. The molecule has 0 radical (unpaired) electrons. The Balaban J connectivity index is 1.32. The summed E-state index contributed by atoms with van der Waals surface area (Å²) < 4.78 is 0. The molecule has 0 aliphatic heterocycles. The Kier molecular flexibility index (Phi) is 9.49. The average molecular weight is 712 g/mol. The molecule has 0 heterocycles. The second-order valence-electron chi connectivity index (χ2n) is 16.7. The van der Waals surface area contributed by atoms with E-state index < -0.39 is 0 Å². The number of anilines is 3. The van der Waals surface area contributed by atoms with Gasteiger partial charge in [-0.25, -0.2) is 0 Å². The van der Waals surface area contributed by atoms with Gasteiger partial charge in [0.1, 0.15) is 0 Å². The van der Waals surface area contributed by atoms with Crippen molar-refractivity contribution in [3.63, 3.8) is 0 Å². The second kappa shape index (κ2) is 14.6. The van der Waals surface area contributed by atoms with Crippen LogP contribution in [-0.2, 0) is 10.8 Å². The van der Waals surface area contributed by atoms with E-state index in [9.17, 15) is 0 Å². The second-order valence-corrected chi connectivity index (χ2v) is 16.7. The maximum Gasteiger partial charge on any atom is 0.0540 e. The van der Waals surface area contributed by atoms with Gasteiger partial charge >= 0.3 is 0 Å². The van der Waals surface area contributed by atoms with E-state index >= 15 is 0 Å². The topological polar surface area (TPSA) is 3.24 Å². The van der Waals surface area contributed by atoms with Crippen LogP contribution in [-0.4, -0.2) is 0 Å². The summed E-state index contributed by atoms with van der Waals surface area (Å²) in [6.07, 6.45) is 0. The Morgan fingerprint density at radius 2 is 0.764 bits per heavy atom. The van der Waals surface area contributed by atoms with E-state index in [2.05, 4.69) is 234 Å². The number of benzene rings is 8. The van der Waals surface area contributed by atoms with E-state index in [-0.39, 0.29) is 10.8 Å². The van der Waals surface area contributed by atoms with Gasteiger partial charge in [-0.05, 0) is 102 Å². The fourth-order valence-corrected chi connectivity index (χ4v) is 7.64. The summed E-state index contributed by atoms with van der Waals surface area (Å²) in [5.74, 6) is 0. The highest BCUT2D eigenvalue weighted by Crippen LogP contribution is 2.46. The lowest BCUT2D eigenvalue weighted by Crippen LogP contribution is -2.19. The molecule has 1 nitrogen and oxygen atoms in total. The molecule has 0 aliphatic carbocycles. The summed E-state index contributed by atoms with van der Waals surface area (Å²) in [4.78, 5) is 2.48. The Labute approximate surface area is 327 Å². The zero-order valence-electron chi connectivity index (χ0n) is 32.8. The molecule has 0 saturated heterocycles. The molecule has 8 rings (SSSR count). The third-order valence-corrected chi connectivity index (χ3v) is 10.8. The third-order valence-electron chi connectivity index (χ3n) is 10.8. The lowest BCUT2D eigenvalue weighted by Gasteiger charge is -2.32. The van der Waals surface area contributed by atoms with Gasteiger partial charge in [0, 0.05) is 16.9 Å². The van der Waals surface area contributed by atoms with Gasteiger partial charge in [0.15, 0.2) is 0 Å². The van der Waals surface area contributed by atoms with Gasteiger partial charge in [-0.2, -0.15) is 0 Å². The van der Waals surface area contributed by atoms with Crippen molar-refractivity contribution in [2.45, 2.75) is 52.4 Å². The zero-order chi connectivity index (χ0) is 38.2. The molecule has 0 N–H and O–H groups in total. The quantitative estimate of drug-likeness (QED) is 0.159. The minimum absolute atomic E-state index is 0.0306. The Hall–Kier alpha value is -6.18. The van der Waals surface area contributed by atoms with Crippen molar-refractivity contribution in [2.24, 2.45) is 0 Å². The van der Waals surface area contributed by atoms with Gasteiger partial charge in [-0.1, -0.05) is 199 Å².